The van der Waals surface area contributed by atoms with Crippen molar-refractivity contribution in [2.45, 2.75) is 19.4 Å². The molecule has 0 saturated carbocycles. The van der Waals surface area contributed by atoms with E-state index in [0.29, 0.717) is 17.4 Å². The van der Waals surface area contributed by atoms with Gasteiger partial charge >= 0.3 is 0 Å². The van der Waals surface area contributed by atoms with E-state index in [4.69, 9.17) is 10.3 Å². The van der Waals surface area contributed by atoms with Gasteiger partial charge in [0, 0.05) is 0 Å². The molecule has 0 amide bonds. The molecule has 0 spiro atoms. The number of nitrogens with zero attached hydrogens (tertiary/aromatic N) is 4. The lowest BCUT2D eigenvalue weighted by molar-refractivity contribution is 0.352. The Morgan fingerprint density at radius 2 is 2.50 bits per heavy atom. The fourth-order valence-corrected chi connectivity index (χ4v) is 0.974. The molecule has 74 valence electrons. The van der Waals surface area contributed by atoms with Crippen molar-refractivity contribution in [1.82, 2.24) is 25.6 Å². The molecule has 0 unspecified atom stereocenters. The minimum atomic E-state index is -0.219. The molecule has 0 aliphatic heterocycles. The van der Waals surface area contributed by atoms with Gasteiger partial charge in [0.25, 0.3) is 0 Å². The zero-order chi connectivity index (χ0) is 9.97. The fraction of sp³-hybridized carbons (Fsp3) is 0.429. The van der Waals surface area contributed by atoms with Crippen molar-refractivity contribution in [3.63, 3.8) is 0 Å². The Morgan fingerprint density at radius 3 is 3.14 bits per heavy atom. The summed E-state index contributed by atoms with van der Waals surface area (Å²) in [6.07, 6.45) is 2.27. The molecule has 0 aliphatic carbocycles. The van der Waals surface area contributed by atoms with Gasteiger partial charge in [-0.15, -0.1) is 0 Å². The third kappa shape index (κ3) is 1.49. The second-order valence-electron chi connectivity index (χ2n) is 2.83. The summed E-state index contributed by atoms with van der Waals surface area (Å²) in [5.41, 5.74) is 6.27. The highest BCUT2D eigenvalue weighted by molar-refractivity contribution is 5.44. The Bertz CT molecular complexity index is 394. The zero-order valence-corrected chi connectivity index (χ0v) is 7.64. The summed E-state index contributed by atoms with van der Waals surface area (Å²) in [5.74, 6) is 0.822. The highest BCUT2D eigenvalue weighted by atomic mass is 16.5. The number of hydrogen-bond donors (Lipinski definition) is 2. The van der Waals surface area contributed by atoms with Crippen LogP contribution in [0.15, 0.2) is 10.7 Å². The molecule has 3 N–H and O–H groups in total. The summed E-state index contributed by atoms with van der Waals surface area (Å²) in [6.45, 7) is 1.95. The zero-order valence-electron chi connectivity index (χ0n) is 7.64. The predicted molar refractivity (Wildman–Crippen MR) is 46.9 cm³/mol. The number of hydrogen-bond acceptors (Lipinski definition) is 6. The lowest BCUT2D eigenvalue weighted by Gasteiger charge is -1.98. The number of aromatic amines is 1. The SMILES string of the molecule is CC[C@@H](N)c1nc(-c2cn[nH]n2)no1. The van der Waals surface area contributed by atoms with E-state index >= 15 is 0 Å². The first-order valence-corrected chi connectivity index (χ1v) is 4.26. The molecule has 2 aromatic rings. The molecule has 1 atom stereocenters. The summed E-state index contributed by atoms with van der Waals surface area (Å²) in [5, 5.41) is 13.7. The Hall–Kier alpha value is -1.76. The maximum Gasteiger partial charge on any atom is 0.243 e. The standard InChI is InChI=1S/C7H10N6O/c1-2-4(8)7-10-6(12-14-7)5-3-9-13-11-5/h3-4H,2,8H2,1H3,(H,9,11,13)/t4-/m1/s1. The van der Waals surface area contributed by atoms with Crippen molar-refractivity contribution >= 4 is 0 Å². The molecule has 14 heavy (non-hydrogen) atoms. The average Bonchev–Trinajstić information content (AvgIpc) is 2.86. The molecule has 2 rings (SSSR count). The van der Waals surface area contributed by atoms with E-state index < -0.39 is 0 Å². The monoisotopic (exact) mass is 194 g/mol. The van der Waals surface area contributed by atoms with E-state index in [2.05, 4.69) is 25.6 Å². The van der Waals surface area contributed by atoms with Crippen LogP contribution < -0.4 is 5.73 Å². The van der Waals surface area contributed by atoms with E-state index in [9.17, 15) is 0 Å². The highest BCUT2D eigenvalue weighted by Gasteiger charge is 2.14. The van der Waals surface area contributed by atoms with E-state index in [1.807, 2.05) is 6.92 Å². The smallest absolute Gasteiger partial charge is 0.243 e. The third-order valence-electron chi connectivity index (χ3n) is 1.84. The molecule has 0 radical (unpaired) electrons. The first kappa shape index (κ1) is 8.82. The van der Waals surface area contributed by atoms with Crippen LogP contribution in [0, 0.1) is 0 Å². The van der Waals surface area contributed by atoms with Gasteiger partial charge in [0.15, 0.2) is 5.69 Å². The predicted octanol–water partition coefficient (Wildman–Crippen LogP) is 0.264. The molecule has 0 bridgehead atoms. The largest absolute Gasteiger partial charge is 0.337 e. The second kappa shape index (κ2) is 3.54. The molecule has 0 aliphatic rings. The number of aromatic nitrogens is 5. The van der Waals surface area contributed by atoms with Crippen LogP contribution in [0.2, 0.25) is 0 Å². The van der Waals surface area contributed by atoms with E-state index in [-0.39, 0.29) is 6.04 Å². The highest BCUT2D eigenvalue weighted by Crippen LogP contribution is 2.15. The maximum atomic E-state index is 5.72. The van der Waals surface area contributed by atoms with E-state index in [0.717, 1.165) is 6.42 Å². The van der Waals surface area contributed by atoms with Gasteiger partial charge in [-0.2, -0.15) is 20.4 Å². The molecule has 7 nitrogen and oxygen atoms in total. The van der Waals surface area contributed by atoms with E-state index in [1.54, 1.807) is 0 Å². The number of rotatable bonds is 3. The van der Waals surface area contributed by atoms with Crippen molar-refractivity contribution in [1.29, 1.82) is 0 Å². The molecular formula is C7H10N6O. The number of nitrogens with two attached hydrogens (primary N) is 1. The molecule has 7 heteroatoms. The summed E-state index contributed by atoms with van der Waals surface area (Å²) >= 11 is 0. The van der Waals surface area contributed by atoms with Gasteiger partial charge in [0.1, 0.15) is 0 Å². The molecular weight excluding hydrogens is 184 g/mol. The van der Waals surface area contributed by atoms with Crippen LogP contribution in [0.25, 0.3) is 11.5 Å². The lowest BCUT2D eigenvalue weighted by Crippen LogP contribution is -2.08. The fourth-order valence-electron chi connectivity index (χ4n) is 0.974. The van der Waals surface area contributed by atoms with Crippen molar-refractivity contribution in [2.75, 3.05) is 0 Å². The van der Waals surface area contributed by atoms with Gasteiger partial charge in [0.05, 0.1) is 12.2 Å². The van der Waals surface area contributed by atoms with Crippen molar-refractivity contribution in [3.8, 4) is 11.5 Å². The number of nitrogens with one attached hydrogen (secondary N) is 1. The molecule has 0 aromatic carbocycles. The first-order chi connectivity index (χ1) is 6.81. The van der Waals surface area contributed by atoms with Crippen LogP contribution in [0.1, 0.15) is 25.3 Å². The minimum absolute atomic E-state index is 0.219. The van der Waals surface area contributed by atoms with Gasteiger partial charge in [0.2, 0.25) is 11.7 Å². The number of H-pyrrole nitrogens is 1. The molecule has 2 aromatic heterocycles. The summed E-state index contributed by atoms with van der Waals surface area (Å²) in [7, 11) is 0. The van der Waals surface area contributed by atoms with E-state index in [1.165, 1.54) is 6.20 Å². The Balaban J connectivity index is 2.26. The third-order valence-corrected chi connectivity index (χ3v) is 1.84. The van der Waals surface area contributed by atoms with Gasteiger partial charge in [-0.05, 0) is 6.42 Å². The Labute approximate surface area is 79.7 Å². The van der Waals surface area contributed by atoms with Gasteiger partial charge in [-0.25, -0.2) is 0 Å². The summed E-state index contributed by atoms with van der Waals surface area (Å²) < 4.78 is 4.97. The van der Waals surface area contributed by atoms with Crippen molar-refractivity contribution < 1.29 is 4.52 Å². The molecule has 0 fully saturated rings. The van der Waals surface area contributed by atoms with Crippen LogP contribution in [0.5, 0.6) is 0 Å². The molecule has 0 saturated heterocycles. The Morgan fingerprint density at radius 1 is 1.64 bits per heavy atom. The second-order valence-corrected chi connectivity index (χ2v) is 2.83. The van der Waals surface area contributed by atoms with Crippen LogP contribution in [0.4, 0.5) is 0 Å². The van der Waals surface area contributed by atoms with Gasteiger partial charge in [-0.3, -0.25) is 0 Å². The minimum Gasteiger partial charge on any atom is -0.337 e. The van der Waals surface area contributed by atoms with Crippen LogP contribution in [0.3, 0.4) is 0 Å². The topological polar surface area (TPSA) is 107 Å². The van der Waals surface area contributed by atoms with Gasteiger partial charge in [-0.1, -0.05) is 12.1 Å². The average molecular weight is 194 g/mol. The maximum absolute atomic E-state index is 5.72. The van der Waals surface area contributed by atoms with Gasteiger partial charge < -0.3 is 10.3 Å². The van der Waals surface area contributed by atoms with Crippen LogP contribution in [-0.4, -0.2) is 25.6 Å². The summed E-state index contributed by atoms with van der Waals surface area (Å²) in [6, 6.07) is -0.219. The lowest BCUT2D eigenvalue weighted by atomic mass is 10.2. The van der Waals surface area contributed by atoms with Crippen molar-refractivity contribution in [3.05, 3.63) is 12.1 Å². The Kier molecular flexibility index (Phi) is 2.23. The van der Waals surface area contributed by atoms with Crippen LogP contribution >= 0.6 is 0 Å². The first-order valence-electron chi connectivity index (χ1n) is 4.26. The van der Waals surface area contributed by atoms with Crippen molar-refractivity contribution in [2.24, 2.45) is 5.73 Å². The molecule has 2 heterocycles. The quantitative estimate of drug-likeness (QED) is 0.726. The van der Waals surface area contributed by atoms with Crippen LogP contribution in [-0.2, 0) is 0 Å². The normalized spacial score (nSPS) is 13.0. The summed E-state index contributed by atoms with van der Waals surface area (Å²) in [4.78, 5) is 4.10.